The molecular formula is C30H32FN4P. The van der Waals surface area contributed by atoms with Gasteiger partial charge in [0, 0.05) is 33.5 Å². The molecule has 0 aliphatic carbocycles. The predicted molar refractivity (Wildman–Crippen MR) is 151 cm³/mol. The molecule has 0 fully saturated rings. The molecule has 0 N–H and O–H groups in total. The maximum absolute atomic E-state index is 17.8. The molecule has 1 atom stereocenters. The van der Waals surface area contributed by atoms with Crippen LogP contribution in [0.5, 0.6) is 0 Å². The molecule has 0 bridgehead atoms. The van der Waals surface area contributed by atoms with Crippen molar-refractivity contribution in [3.05, 3.63) is 138 Å². The Morgan fingerprint density at radius 1 is 0.583 bits per heavy atom. The van der Waals surface area contributed by atoms with Crippen LogP contribution >= 0.6 is 7.52 Å². The number of hydrogen-bond acceptors (Lipinski definition) is 1. The molecule has 0 heterocycles. The lowest BCUT2D eigenvalue weighted by molar-refractivity contribution is 0.485. The van der Waals surface area contributed by atoms with Gasteiger partial charge in [-0.15, -0.1) is 0 Å². The molecule has 4 aromatic carbocycles. The third-order valence-electron chi connectivity index (χ3n) is 5.96. The molecule has 0 aliphatic heterocycles. The first kappa shape index (κ1) is 25.4. The fraction of sp³-hybridized carbons (Fsp3) is 0.167. The first-order valence-corrected chi connectivity index (χ1v) is 13.5. The van der Waals surface area contributed by atoms with Crippen molar-refractivity contribution in [1.29, 1.82) is 0 Å². The van der Waals surface area contributed by atoms with E-state index < -0.39 is 13.1 Å². The zero-order chi connectivity index (χ0) is 25.6. The van der Waals surface area contributed by atoms with Gasteiger partial charge in [0.2, 0.25) is 5.96 Å². The van der Waals surface area contributed by atoms with Crippen LogP contribution in [0.1, 0.15) is 16.7 Å². The summed E-state index contributed by atoms with van der Waals surface area (Å²) in [5.74, 6) is 0.515. The molecule has 4 aromatic rings. The monoisotopic (exact) mass is 498 g/mol. The SMILES string of the molecule is CN(C)C(=NP(F)(=NC(c1ccccc1)(c1ccccc1)c1ccccc1)c1ccccc1)N(C)C. The molecule has 36 heavy (non-hydrogen) atoms. The van der Waals surface area contributed by atoms with Crippen LogP contribution in [0.4, 0.5) is 4.20 Å². The Kier molecular flexibility index (Phi) is 7.71. The van der Waals surface area contributed by atoms with Gasteiger partial charge >= 0.3 is 0 Å². The van der Waals surface area contributed by atoms with Crippen molar-refractivity contribution in [3.8, 4) is 0 Å². The minimum Gasteiger partial charge on any atom is -0.349 e. The number of benzene rings is 4. The van der Waals surface area contributed by atoms with E-state index in [1.165, 1.54) is 0 Å². The van der Waals surface area contributed by atoms with E-state index in [9.17, 15) is 0 Å². The second-order valence-corrected chi connectivity index (χ2v) is 10.9. The quantitative estimate of drug-likeness (QED) is 0.127. The second-order valence-electron chi connectivity index (χ2n) is 8.96. The molecule has 0 amide bonds. The summed E-state index contributed by atoms with van der Waals surface area (Å²) in [5, 5.41) is 0.471. The average molecular weight is 499 g/mol. The van der Waals surface area contributed by atoms with E-state index in [1.54, 1.807) is 12.1 Å². The number of halogens is 1. The van der Waals surface area contributed by atoms with Gasteiger partial charge < -0.3 is 9.80 Å². The third-order valence-corrected chi connectivity index (χ3v) is 7.93. The van der Waals surface area contributed by atoms with E-state index in [2.05, 4.69) is 0 Å². The van der Waals surface area contributed by atoms with Crippen LogP contribution in [0, 0.1) is 0 Å². The van der Waals surface area contributed by atoms with Gasteiger partial charge in [-0.05, 0) is 28.8 Å². The standard InChI is InChI=1S/C30H32FN4P/c1-34(2)29(35(3)4)32-36(31,28-23-15-8-16-24-28)33-30(25-17-9-5-10-18-25,26-19-11-6-12-20-26)27-21-13-7-14-22-27/h5-24H,1-4H3. The number of rotatable bonds is 6. The Balaban J connectivity index is 2.20. The number of guanidine groups is 1. The summed E-state index contributed by atoms with van der Waals surface area (Å²) >= 11 is 0. The Morgan fingerprint density at radius 3 is 1.25 bits per heavy atom. The van der Waals surface area contributed by atoms with Gasteiger partial charge in [-0.25, -0.2) is 4.74 Å². The van der Waals surface area contributed by atoms with Crippen molar-refractivity contribution in [1.82, 2.24) is 9.80 Å². The molecule has 0 aromatic heterocycles. The van der Waals surface area contributed by atoms with Crippen LogP contribution < -0.4 is 5.30 Å². The summed E-state index contributed by atoms with van der Waals surface area (Å²) in [6, 6.07) is 39.0. The summed E-state index contributed by atoms with van der Waals surface area (Å²) in [7, 11) is 3.50. The van der Waals surface area contributed by atoms with Crippen LogP contribution in [0.25, 0.3) is 0 Å². The molecule has 0 aliphatic rings. The molecule has 4 nitrogen and oxygen atoms in total. The van der Waals surface area contributed by atoms with Gasteiger partial charge in [0.1, 0.15) is 5.54 Å². The fourth-order valence-electron chi connectivity index (χ4n) is 4.36. The molecule has 1 unspecified atom stereocenters. The lowest BCUT2D eigenvalue weighted by Gasteiger charge is -2.34. The van der Waals surface area contributed by atoms with Crippen molar-refractivity contribution in [2.24, 2.45) is 9.51 Å². The molecule has 6 heteroatoms. The van der Waals surface area contributed by atoms with Crippen molar-refractivity contribution in [2.45, 2.75) is 5.54 Å². The Bertz CT molecular complexity index is 1230. The molecule has 0 radical (unpaired) electrons. The lowest BCUT2D eigenvalue weighted by atomic mass is 9.78. The summed E-state index contributed by atoms with van der Waals surface area (Å²) in [6.45, 7) is 0. The minimum absolute atomic E-state index is 0.471. The average Bonchev–Trinajstić information content (AvgIpc) is 2.92. The van der Waals surface area contributed by atoms with Gasteiger partial charge in [-0.1, -0.05) is 109 Å². The van der Waals surface area contributed by atoms with Gasteiger partial charge in [0.25, 0.3) is 7.52 Å². The topological polar surface area (TPSA) is 31.2 Å². The van der Waals surface area contributed by atoms with E-state index in [-0.39, 0.29) is 0 Å². The minimum atomic E-state index is -3.97. The molecule has 4 rings (SSSR count). The zero-order valence-electron chi connectivity index (χ0n) is 21.2. The summed E-state index contributed by atoms with van der Waals surface area (Å²) in [6.07, 6.45) is 0. The van der Waals surface area contributed by atoms with Crippen LogP contribution in [-0.2, 0) is 5.54 Å². The molecule has 184 valence electrons. The molecule has 0 saturated carbocycles. The van der Waals surface area contributed by atoms with Crippen LogP contribution in [-0.4, -0.2) is 44.0 Å². The highest BCUT2D eigenvalue weighted by molar-refractivity contribution is 7.67. The predicted octanol–water partition coefficient (Wildman–Crippen LogP) is 6.78. The maximum atomic E-state index is 17.8. The normalized spacial score (nSPS) is 12.8. The van der Waals surface area contributed by atoms with Crippen LogP contribution in [0.15, 0.2) is 131 Å². The Hall–Kier alpha value is -3.69. The van der Waals surface area contributed by atoms with Crippen LogP contribution in [0.2, 0.25) is 0 Å². The third kappa shape index (κ3) is 5.12. The number of nitrogens with zero attached hydrogens (tertiary/aromatic N) is 4. The summed E-state index contributed by atoms with van der Waals surface area (Å²) < 4.78 is 27.8. The number of hydrogen-bond donors (Lipinski definition) is 0. The highest BCUT2D eigenvalue weighted by atomic mass is 31.2. The van der Waals surface area contributed by atoms with Crippen molar-refractivity contribution >= 4 is 18.8 Å². The first-order chi connectivity index (χ1) is 17.4. The van der Waals surface area contributed by atoms with Gasteiger partial charge in [-0.3, -0.25) is 0 Å². The van der Waals surface area contributed by atoms with Crippen molar-refractivity contribution < 1.29 is 4.20 Å². The highest BCUT2D eigenvalue weighted by Gasteiger charge is 2.40. The fourth-order valence-corrected chi connectivity index (χ4v) is 6.53. The lowest BCUT2D eigenvalue weighted by Crippen LogP contribution is -2.35. The maximum Gasteiger partial charge on any atom is 0.274 e. The zero-order valence-corrected chi connectivity index (χ0v) is 22.1. The molecular weight excluding hydrogens is 466 g/mol. The molecule has 0 spiro atoms. The van der Waals surface area contributed by atoms with Gasteiger partial charge in [-0.2, -0.15) is 8.96 Å². The van der Waals surface area contributed by atoms with Crippen molar-refractivity contribution in [3.63, 3.8) is 0 Å². The smallest absolute Gasteiger partial charge is 0.274 e. The largest absolute Gasteiger partial charge is 0.349 e. The first-order valence-electron chi connectivity index (χ1n) is 11.9. The van der Waals surface area contributed by atoms with Gasteiger partial charge in [0.15, 0.2) is 0 Å². The second kappa shape index (κ2) is 10.9. The van der Waals surface area contributed by atoms with E-state index in [4.69, 9.17) is 9.51 Å². The molecule has 0 saturated heterocycles. The van der Waals surface area contributed by atoms with E-state index in [0.29, 0.717) is 11.3 Å². The van der Waals surface area contributed by atoms with Crippen LogP contribution in [0.3, 0.4) is 0 Å². The summed E-state index contributed by atoms with van der Waals surface area (Å²) in [4.78, 5) is 3.64. The van der Waals surface area contributed by atoms with E-state index >= 15 is 4.20 Å². The highest BCUT2D eigenvalue weighted by Crippen LogP contribution is 2.58. The summed E-state index contributed by atoms with van der Waals surface area (Å²) in [5.41, 5.74) is 1.53. The van der Waals surface area contributed by atoms with E-state index in [1.807, 2.05) is 147 Å². The Labute approximate surface area is 214 Å². The van der Waals surface area contributed by atoms with E-state index in [0.717, 1.165) is 16.7 Å². The Morgan fingerprint density at radius 2 is 0.917 bits per heavy atom. The van der Waals surface area contributed by atoms with Gasteiger partial charge in [0.05, 0.1) is 0 Å². The van der Waals surface area contributed by atoms with Crippen molar-refractivity contribution in [2.75, 3.05) is 28.2 Å².